The van der Waals surface area contributed by atoms with E-state index < -0.39 is 5.97 Å². The number of hydrogen-bond acceptors (Lipinski definition) is 2. The van der Waals surface area contributed by atoms with Crippen LogP contribution in [0, 0.1) is 0 Å². The van der Waals surface area contributed by atoms with Crippen molar-refractivity contribution in [3.63, 3.8) is 0 Å². The molecule has 0 aliphatic heterocycles. The zero-order valence-corrected chi connectivity index (χ0v) is 22.4. The highest BCUT2D eigenvalue weighted by atomic mass is 16.4. The van der Waals surface area contributed by atoms with Gasteiger partial charge in [-0.1, -0.05) is 81.3 Å². The topological polar surface area (TPSA) is 76.3 Å². The minimum atomic E-state index is -0.693. The van der Waals surface area contributed by atoms with Gasteiger partial charge in [0.1, 0.15) is 0 Å². The maximum Gasteiger partial charge on any atom is 0.303 e. The third kappa shape index (κ3) is 7.98. The van der Waals surface area contributed by atoms with Crippen molar-refractivity contribution in [2.75, 3.05) is 6.54 Å². The second-order valence-corrected chi connectivity index (χ2v) is 10.3. The number of carboxylic acids is 1. The smallest absolute Gasteiger partial charge is 0.303 e. The van der Waals surface area contributed by atoms with Crippen molar-refractivity contribution in [1.29, 1.82) is 0 Å². The van der Waals surface area contributed by atoms with Gasteiger partial charge in [-0.25, -0.2) is 0 Å². The Balaban J connectivity index is 1.17. The Morgan fingerprint density at radius 1 is 0.711 bits per heavy atom. The zero-order chi connectivity index (χ0) is 26.6. The average molecular weight is 516 g/mol. The van der Waals surface area contributed by atoms with Crippen LogP contribution in [-0.4, -0.2) is 32.7 Å². The van der Waals surface area contributed by atoms with Crippen LogP contribution in [0.1, 0.15) is 69.8 Å². The van der Waals surface area contributed by atoms with Gasteiger partial charge in [0.05, 0.1) is 6.42 Å². The molecule has 4 aromatic rings. The molecule has 2 heterocycles. The zero-order valence-electron chi connectivity index (χ0n) is 22.4. The highest BCUT2D eigenvalue weighted by Gasteiger charge is 2.12. The molecular formula is C32H41N3O3. The lowest BCUT2D eigenvalue weighted by molar-refractivity contribution is -0.137. The third-order valence-corrected chi connectivity index (χ3v) is 7.37. The van der Waals surface area contributed by atoms with Crippen LogP contribution in [0.3, 0.4) is 0 Å². The van der Waals surface area contributed by atoms with Gasteiger partial charge in [0.2, 0.25) is 5.91 Å². The van der Waals surface area contributed by atoms with Gasteiger partial charge >= 0.3 is 5.97 Å². The highest BCUT2D eigenvalue weighted by Crippen LogP contribution is 2.23. The van der Waals surface area contributed by atoms with Crippen LogP contribution in [0.15, 0.2) is 67.0 Å². The first-order valence-electron chi connectivity index (χ1n) is 14.2. The third-order valence-electron chi connectivity index (χ3n) is 7.37. The van der Waals surface area contributed by atoms with E-state index in [1.807, 2.05) is 6.07 Å². The summed E-state index contributed by atoms with van der Waals surface area (Å²) in [5.41, 5.74) is 3.50. The van der Waals surface area contributed by atoms with E-state index >= 15 is 0 Å². The lowest BCUT2D eigenvalue weighted by Gasteiger charge is -2.08. The molecule has 6 heteroatoms. The van der Waals surface area contributed by atoms with E-state index in [1.165, 1.54) is 42.1 Å². The summed E-state index contributed by atoms with van der Waals surface area (Å²) in [5.74, 6) is -0.605. The van der Waals surface area contributed by atoms with Crippen molar-refractivity contribution in [3.05, 3.63) is 72.6 Å². The van der Waals surface area contributed by atoms with Gasteiger partial charge in [-0.3, -0.25) is 9.59 Å². The summed E-state index contributed by atoms with van der Waals surface area (Å²) in [4.78, 5) is 23.2. The number of amides is 1. The van der Waals surface area contributed by atoms with Gasteiger partial charge in [-0.2, -0.15) is 0 Å². The molecule has 0 atom stereocenters. The van der Waals surface area contributed by atoms with Crippen molar-refractivity contribution < 1.29 is 14.7 Å². The minimum Gasteiger partial charge on any atom is -0.481 e. The fraction of sp³-hybridized carbons (Fsp3) is 0.438. The predicted octanol–water partition coefficient (Wildman–Crippen LogP) is 6.94. The summed E-state index contributed by atoms with van der Waals surface area (Å²) >= 11 is 0. The number of fused-ring (bicyclic) bond motifs is 2. The van der Waals surface area contributed by atoms with E-state index in [4.69, 9.17) is 5.11 Å². The molecule has 202 valence electrons. The number of hydrogen-bond donors (Lipinski definition) is 2. The molecule has 0 aliphatic carbocycles. The van der Waals surface area contributed by atoms with Crippen LogP contribution in [0.25, 0.3) is 21.8 Å². The number of nitrogens with zero attached hydrogens (tertiary/aromatic N) is 2. The van der Waals surface area contributed by atoms with Crippen molar-refractivity contribution in [1.82, 2.24) is 14.5 Å². The van der Waals surface area contributed by atoms with Gasteiger partial charge in [0, 0.05) is 54.9 Å². The predicted molar refractivity (Wildman–Crippen MR) is 154 cm³/mol. The number of aromatic nitrogens is 2. The van der Waals surface area contributed by atoms with Gasteiger partial charge < -0.3 is 19.6 Å². The summed E-state index contributed by atoms with van der Waals surface area (Å²) < 4.78 is 4.57. The largest absolute Gasteiger partial charge is 0.481 e. The molecule has 2 N–H and O–H groups in total. The number of benzene rings is 2. The van der Waals surface area contributed by atoms with Crippen LogP contribution < -0.4 is 5.32 Å². The van der Waals surface area contributed by atoms with Gasteiger partial charge in [0.25, 0.3) is 0 Å². The first kappa shape index (κ1) is 27.5. The number of carboxylic acid groups (broad SMARTS) is 1. The van der Waals surface area contributed by atoms with E-state index in [0.717, 1.165) is 62.7 Å². The SMILES string of the molecule is O=C(O)CCCCCCCCCCCNC(=O)Cc1cn(CCn2ccc3ccccc32)c2ccccc12. The van der Waals surface area contributed by atoms with E-state index in [9.17, 15) is 9.59 Å². The first-order chi connectivity index (χ1) is 18.6. The Kier molecular flexibility index (Phi) is 10.4. The Morgan fingerprint density at radius 3 is 2.11 bits per heavy atom. The number of unbranched alkanes of at least 4 members (excludes halogenated alkanes) is 8. The molecule has 0 radical (unpaired) electrons. The van der Waals surface area contributed by atoms with Crippen LogP contribution in [0.2, 0.25) is 0 Å². The monoisotopic (exact) mass is 515 g/mol. The van der Waals surface area contributed by atoms with Gasteiger partial charge in [0.15, 0.2) is 0 Å². The van der Waals surface area contributed by atoms with Crippen molar-refractivity contribution in [2.45, 2.75) is 83.7 Å². The molecule has 38 heavy (non-hydrogen) atoms. The number of aliphatic carboxylic acids is 1. The van der Waals surface area contributed by atoms with E-state index in [2.05, 4.69) is 75.4 Å². The number of para-hydroxylation sites is 2. The lowest BCUT2D eigenvalue weighted by Crippen LogP contribution is -2.26. The van der Waals surface area contributed by atoms with Gasteiger partial charge in [-0.05, 0) is 42.0 Å². The minimum absolute atomic E-state index is 0.0886. The molecular weight excluding hydrogens is 474 g/mol. The Labute approximate surface area is 225 Å². The fourth-order valence-corrected chi connectivity index (χ4v) is 5.30. The Hall–Kier alpha value is -3.54. The molecule has 6 nitrogen and oxygen atoms in total. The molecule has 0 aliphatic rings. The van der Waals surface area contributed by atoms with E-state index in [1.54, 1.807) is 0 Å². The van der Waals surface area contributed by atoms with Crippen LogP contribution in [0.5, 0.6) is 0 Å². The standard InChI is InChI=1S/C32H41N3O3/c36-31(33-20-13-7-5-3-1-2-4-6-8-18-32(37)38)24-27-25-35(30-17-12-10-15-28(27)30)23-22-34-21-19-26-14-9-11-16-29(26)34/h9-12,14-17,19,21,25H,1-8,13,18,20,22-24H2,(H,33,36)(H,37,38). The number of carbonyl (C=O) groups excluding carboxylic acids is 1. The molecule has 0 unspecified atom stereocenters. The number of nitrogens with one attached hydrogen (secondary N) is 1. The molecule has 0 saturated heterocycles. The maximum atomic E-state index is 12.7. The molecule has 2 aromatic heterocycles. The normalized spacial score (nSPS) is 11.4. The first-order valence-corrected chi connectivity index (χ1v) is 14.2. The summed E-state index contributed by atoms with van der Waals surface area (Å²) in [6, 6.07) is 19.0. The second kappa shape index (κ2) is 14.4. The van der Waals surface area contributed by atoms with Crippen LogP contribution in [0.4, 0.5) is 0 Å². The Morgan fingerprint density at radius 2 is 1.34 bits per heavy atom. The summed E-state index contributed by atoms with van der Waals surface area (Å²) in [7, 11) is 0. The van der Waals surface area contributed by atoms with Crippen LogP contribution >= 0.6 is 0 Å². The lowest BCUT2D eigenvalue weighted by atomic mass is 10.1. The van der Waals surface area contributed by atoms with Crippen molar-refractivity contribution >= 4 is 33.7 Å². The molecule has 2 aromatic carbocycles. The average Bonchev–Trinajstić information content (AvgIpc) is 3.49. The summed E-state index contributed by atoms with van der Waals surface area (Å²) in [5, 5.41) is 14.2. The molecule has 0 bridgehead atoms. The number of aryl methyl sites for hydroxylation is 2. The van der Waals surface area contributed by atoms with E-state index in [-0.39, 0.29) is 5.91 Å². The second-order valence-electron chi connectivity index (χ2n) is 10.3. The molecule has 4 rings (SSSR count). The molecule has 0 saturated carbocycles. The summed E-state index contributed by atoms with van der Waals surface area (Å²) in [6.45, 7) is 2.46. The van der Waals surface area contributed by atoms with Crippen LogP contribution in [-0.2, 0) is 29.1 Å². The number of rotatable bonds is 17. The van der Waals surface area contributed by atoms with Gasteiger partial charge in [-0.15, -0.1) is 0 Å². The molecule has 1 amide bonds. The van der Waals surface area contributed by atoms with Crippen molar-refractivity contribution in [3.8, 4) is 0 Å². The van der Waals surface area contributed by atoms with Crippen molar-refractivity contribution in [2.24, 2.45) is 0 Å². The Bertz CT molecular complexity index is 1320. The molecule has 0 spiro atoms. The maximum absolute atomic E-state index is 12.7. The number of carbonyl (C=O) groups is 2. The van der Waals surface area contributed by atoms with E-state index in [0.29, 0.717) is 12.8 Å². The quantitative estimate of drug-likeness (QED) is 0.150. The summed E-state index contributed by atoms with van der Waals surface area (Å²) in [6.07, 6.45) is 14.9. The highest BCUT2D eigenvalue weighted by molar-refractivity contribution is 5.89. The molecule has 0 fully saturated rings. The fourth-order valence-electron chi connectivity index (χ4n) is 5.30.